The highest BCUT2D eigenvalue weighted by Crippen LogP contribution is 2.27. The number of rotatable bonds is 6. The third-order valence-electron chi connectivity index (χ3n) is 3.70. The van der Waals surface area contributed by atoms with Crippen LogP contribution in [0.1, 0.15) is 0 Å². The van der Waals surface area contributed by atoms with Crippen LogP contribution < -0.4 is 0 Å². The van der Waals surface area contributed by atoms with Crippen LogP contribution in [0, 0.1) is 0 Å². The Morgan fingerprint density at radius 2 is 1.72 bits per heavy atom. The van der Waals surface area contributed by atoms with E-state index in [1.807, 2.05) is 47.3 Å². The predicted octanol–water partition coefficient (Wildman–Crippen LogP) is 3.32. The van der Waals surface area contributed by atoms with Crippen LogP contribution in [0.15, 0.2) is 78.5 Å². The molecule has 4 rings (SSSR count). The number of thioether (sulfide) groups is 1. The Morgan fingerprint density at radius 1 is 0.880 bits per heavy atom. The van der Waals surface area contributed by atoms with Gasteiger partial charge in [-0.25, -0.2) is 0 Å². The Morgan fingerprint density at radius 3 is 2.48 bits per heavy atom. The summed E-state index contributed by atoms with van der Waals surface area (Å²) in [7, 11) is 0. The van der Waals surface area contributed by atoms with Crippen molar-refractivity contribution in [1.82, 2.24) is 29.5 Å². The maximum absolute atomic E-state index is 4.42. The van der Waals surface area contributed by atoms with Crippen LogP contribution in [0.4, 0.5) is 0 Å². The second-order valence-corrected chi connectivity index (χ2v) is 6.39. The van der Waals surface area contributed by atoms with Crippen molar-refractivity contribution in [3.8, 4) is 17.1 Å². The second kappa shape index (κ2) is 7.31. The normalized spacial score (nSPS) is 10.9. The number of aryl methyl sites for hydroxylation is 1. The lowest BCUT2D eigenvalue weighted by Gasteiger charge is -2.10. The van der Waals surface area contributed by atoms with Crippen molar-refractivity contribution in [3.05, 3.63) is 73.3 Å². The molecule has 4 aromatic rings. The van der Waals surface area contributed by atoms with Crippen LogP contribution in [0.5, 0.6) is 0 Å². The highest BCUT2D eigenvalue weighted by molar-refractivity contribution is 7.99. The van der Waals surface area contributed by atoms with E-state index in [1.165, 1.54) is 0 Å². The summed E-state index contributed by atoms with van der Waals surface area (Å²) in [6.45, 7) is 0.823. The van der Waals surface area contributed by atoms with Gasteiger partial charge in [0.1, 0.15) is 0 Å². The number of benzene rings is 1. The van der Waals surface area contributed by atoms with Crippen LogP contribution in [0.25, 0.3) is 17.1 Å². The van der Waals surface area contributed by atoms with Crippen molar-refractivity contribution >= 4 is 11.8 Å². The summed E-state index contributed by atoms with van der Waals surface area (Å²) >= 11 is 1.67. The Bertz CT molecular complexity index is 919. The van der Waals surface area contributed by atoms with Crippen molar-refractivity contribution in [1.29, 1.82) is 0 Å². The summed E-state index contributed by atoms with van der Waals surface area (Å²) in [5.41, 5.74) is 2.03. The van der Waals surface area contributed by atoms with Crippen molar-refractivity contribution in [2.75, 3.05) is 5.75 Å². The van der Waals surface area contributed by atoms with E-state index in [1.54, 1.807) is 30.4 Å². The highest BCUT2D eigenvalue weighted by atomic mass is 32.2. The SMILES string of the molecule is c1ccc(-n2c(SCCn3cccn3)nnc2-c2ccncc2)cc1. The van der Waals surface area contributed by atoms with Crippen LogP contribution in [0.2, 0.25) is 0 Å². The van der Waals surface area contributed by atoms with Crippen molar-refractivity contribution in [2.24, 2.45) is 0 Å². The maximum atomic E-state index is 4.42. The number of pyridine rings is 1. The first-order valence-corrected chi connectivity index (χ1v) is 8.92. The Balaban J connectivity index is 1.66. The van der Waals surface area contributed by atoms with Gasteiger partial charge in [-0.3, -0.25) is 14.2 Å². The average molecular weight is 348 g/mol. The van der Waals surface area contributed by atoms with Gasteiger partial charge in [-0.05, 0) is 30.3 Å². The molecular weight excluding hydrogens is 332 g/mol. The second-order valence-electron chi connectivity index (χ2n) is 5.33. The predicted molar refractivity (Wildman–Crippen MR) is 97.5 cm³/mol. The van der Waals surface area contributed by atoms with Gasteiger partial charge in [0.15, 0.2) is 11.0 Å². The lowest BCUT2D eigenvalue weighted by molar-refractivity contribution is 0.665. The number of hydrogen-bond acceptors (Lipinski definition) is 5. The van der Waals surface area contributed by atoms with E-state index in [9.17, 15) is 0 Å². The van der Waals surface area contributed by atoms with E-state index < -0.39 is 0 Å². The largest absolute Gasteiger partial charge is 0.272 e. The van der Waals surface area contributed by atoms with Gasteiger partial charge in [-0.15, -0.1) is 10.2 Å². The van der Waals surface area contributed by atoms with Crippen LogP contribution in [-0.4, -0.2) is 35.3 Å². The fourth-order valence-corrected chi connectivity index (χ4v) is 3.40. The van der Waals surface area contributed by atoms with Gasteiger partial charge in [0.05, 0.1) is 6.54 Å². The minimum Gasteiger partial charge on any atom is -0.272 e. The first-order chi connectivity index (χ1) is 12.4. The molecule has 0 aliphatic heterocycles. The molecule has 0 aliphatic rings. The zero-order valence-corrected chi connectivity index (χ0v) is 14.3. The van der Waals surface area contributed by atoms with Crippen molar-refractivity contribution in [2.45, 2.75) is 11.7 Å². The Kier molecular flexibility index (Phi) is 4.56. The average Bonchev–Trinajstić information content (AvgIpc) is 3.33. The van der Waals surface area contributed by atoms with Crippen LogP contribution >= 0.6 is 11.8 Å². The molecule has 0 amide bonds. The van der Waals surface area contributed by atoms with Crippen molar-refractivity contribution < 1.29 is 0 Å². The fraction of sp³-hybridized carbons (Fsp3) is 0.111. The standard InChI is InChI=1S/C18H16N6S/c1-2-5-16(6-3-1)24-17(15-7-10-19-11-8-15)21-22-18(24)25-14-13-23-12-4-9-20-23/h1-12H,13-14H2. The van der Waals surface area contributed by atoms with Gasteiger partial charge < -0.3 is 0 Å². The minimum absolute atomic E-state index is 0.815. The third kappa shape index (κ3) is 3.46. The molecule has 1 aromatic carbocycles. The summed E-state index contributed by atoms with van der Waals surface area (Å²) < 4.78 is 4.00. The fourth-order valence-electron chi connectivity index (χ4n) is 2.52. The van der Waals surface area contributed by atoms with Gasteiger partial charge in [-0.1, -0.05) is 30.0 Å². The molecule has 0 bridgehead atoms. The number of aromatic nitrogens is 6. The molecule has 7 heteroatoms. The lowest BCUT2D eigenvalue weighted by Crippen LogP contribution is -2.03. The summed E-state index contributed by atoms with van der Waals surface area (Å²) in [6.07, 6.45) is 7.29. The Hall–Kier alpha value is -2.93. The molecule has 0 fully saturated rings. The number of para-hydroxylation sites is 1. The maximum Gasteiger partial charge on any atom is 0.196 e. The molecule has 0 unspecified atom stereocenters. The molecule has 0 N–H and O–H groups in total. The van der Waals surface area contributed by atoms with E-state index in [4.69, 9.17) is 0 Å². The molecule has 0 atom stereocenters. The number of nitrogens with zero attached hydrogens (tertiary/aromatic N) is 6. The van der Waals surface area contributed by atoms with Crippen molar-refractivity contribution in [3.63, 3.8) is 0 Å². The molecule has 0 aliphatic carbocycles. The van der Waals surface area contributed by atoms with Gasteiger partial charge in [0, 0.05) is 41.8 Å². The quantitative estimate of drug-likeness (QED) is 0.500. The molecule has 0 saturated carbocycles. The minimum atomic E-state index is 0.815. The molecular formula is C18H16N6S. The van der Waals surface area contributed by atoms with Gasteiger partial charge in [0.2, 0.25) is 0 Å². The van der Waals surface area contributed by atoms with E-state index >= 15 is 0 Å². The molecule has 0 saturated heterocycles. The molecule has 25 heavy (non-hydrogen) atoms. The summed E-state index contributed by atoms with van der Waals surface area (Å²) in [5, 5.41) is 13.9. The van der Waals surface area contributed by atoms with E-state index in [0.717, 1.165) is 34.5 Å². The molecule has 3 heterocycles. The van der Waals surface area contributed by atoms with E-state index in [0.29, 0.717) is 0 Å². The topological polar surface area (TPSA) is 61.4 Å². The van der Waals surface area contributed by atoms with Gasteiger partial charge >= 0.3 is 0 Å². The smallest absolute Gasteiger partial charge is 0.196 e. The molecule has 124 valence electrons. The Labute approximate surface area is 149 Å². The molecule has 0 spiro atoms. The van der Waals surface area contributed by atoms with E-state index in [-0.39, 0.29) is 0 Å². The van der Waals surface area contributed by atoms with Crippen LogP contribution in [-0.2, 0) is 6.54 Å². The third-order valence-corrected chi connectivity index (χ3v) is 4.61. The first-order valence-electron chi connectivity index (χ1n) is 7.93. The van der Waals surface area contributed by atoms with Crippen LogP contribution in [0.3, 0.4) is 0 Å². The van der Waals surface area contributed by atoms with Gasteiger partial charge in [-0.2, -0.15) is 5.10 Å². The van der Waals surface area contributed by atoms with E-state index in [2.05, 4.69) is 37.0 Å². The summed E-state index contributed by atoms with van der Waals surface area (Å²) in [6, 6.07) is 16.0. The zero-order valence-electron chi connectivity index (χ0n) is 13.4. The molecule has 0 radical (unpaired) electrons. The zero-order chi connectivity index (χ0) is 16.9. The summed E-state index contributed by atoms with van der Waals surface area (Å²) in [5.74, 6) is 1.68. The highest BCUT2D eigenvalue weighted by Gasteiger charge is 2.15. The van der Waals surface area contributed by atoms with Gasteiger partial charge in [0.25, 0.3) is 0 Å². The molecule has 6 nitrogen and oxygen atoms in total. The first kappa shape index (κ1) is 15.6. The summed E-state index contributed by atoms with van der Waals surface area (Å²) in [4.78, 5) is 4.09. The monoisotopic (exact) mass is 348 g/mol. The lowest BCUT2D eigenvalue weighted by atomic mass is 10.2. The molecule has 3 aromatic heterocycles. The number of hydrogen-bond donors (Lipinski definition) is 0.